The highest BCUT2D eigenvalue weighted by atomic mass is 16.5. The lowest BCUT2D eigenvalue weighted by atomic mass is 9.97. The van der Waals surface area contributed by atoms with Crippen molar-refractivity contribution < 1.29 is 9.47 Å². The molecule has 0 atom stereocenters. The summed E-state index contributed by atoms with van der Waals surface area (Å²) in [4.78, 5) is 2.65. The summed E-state index contributed by atoms with van der Waals surface area (Å²) >= 11 is 0. The predicted octanol–water partition coefficient (Wildman–Crippen LogP) is 2.10. The van der Waals surface area contributed by atoms with Crippen molar-refractivity contribution in [3.63, 3.8) is 0 Å². The summed E-state index contributed by atoms with van der Waals surface area (Å²) in [6.07, 6.45) is 4.87. The molecule has 22 heavy (non-hydrogen) atoms. The lowest BCUT2D eigenvalue weighted by Gasteiger charge is -2.29. The first-order valence-electron chi connectivity index (χ1n) is 8.47. The number of nitrogens with zero attached hydrogens (tertiary/aromatic N) is 1. The van der Waals surface area contributed by atoms with Crippen molar-refractivity contribution in [2.75, 3.05) is 46.9 Å². The molecule has 0 radical (unpaired) electrons. The topological polar surface area (TPSA) is 33.7 Å². The number of rotatable bonds is 4. The third kappa shape index (κ3) is 3.55. The first kappa shape index (κ1) is 15.6. The lowest BCUT2D eigenvalue weighted by Crippen LogP contribution is -2.37. The summed E-state index contributed by atoms with van der Waals surface area (Å²) in [7, 11) is 3.43. The zero-order valence-electron chi connectivity index (χ0n) is 13.9. The van der Waals surface area contributed by atoms with E-state index in [0.717, 1.165) is 43.3 Å². The molecule has 2 aliphatic heterocycles. The van der Waals surface area contributed by atoms with Gasteiger partial charge in [0, 0.05) is 19.6 Å². The van der Waals surface area contributed by atoms with Crippen molar-refractivity contribution in [1.29, 1.82) is 0 Å². The molecular weight excluding hydrogens is 276 g/mol. The van der Waals surface area contributed by atoms with Crippen LogP contribution < -0.4 is 14.8 Å². The van der Waals surface area contributed by atoms with Crippen LogP contribution in [0.1, 0.15) is 24.0 Å². The van der Waals surface area contributed by atoms with Crippen LogP contribution >= 0.6 is 0 Å². The molecule has 1 fully saturated rings. The minimum Gasteiger partial charge on any atom is -0.493 e. The van der Waals surface area contributed by atoms with Crippen molar-refractivity contribution in [2.45, 2.75) is 25.7 Å². The van der Waals surface area contributed by atoms with Crippen LogP contribution in [-0.2, 0) is 12.8 Å². The van der Waals surface area contributed by atoms with Crippen LogP contribution in [0.2, 0.25) is 0 Å². The van der Waals surface area contributed by atoms with Gasteiger partial charge in [-0.25, -0.2) is 0 Å². The van der Waals surface area contributed by atoms with Gasteiger partial charge in [0.25, 0.3) is 0 Å². The maximum Gasteiger partial charge on any atom is 0.161 e. The molecule has 2 aliphatic rings. The van der Waals surface area contributed by atoms with E-state index in [1.54, 1.807) is 14.2 Å². The van der Waals surface area contributed by atoms with Crippen molar-refractivity contribution in [1.82, 2.24) is 10.2 Å². The second-order valence-electron chi connectivity index (χ2n) is 6.47. The average Bonchev–Trinajstić information content (AvgIpc) is 2.76. The third-order valence-electron chi connectivity index (χ3n) is 5.08. The van der Waals surface area contributed by atoms with Gasteiger partial charge in [-0.3, -0.25) is 0 Å². The standard InChI is InChI=1S/C18H28N2O2/c1-21-17-11-15-5-9-20(13-14-3-7-19-8-4-14)10-6-16(15)12-18(17)22-2/h11-12,14,19H,3-10,13H2,1-2H3. The van der Waals surface area contributed by atoms with Gasteiger partial charge in [-0.2, -0.15) is 0 Å². The van der Waals surface area contributed by atoms with Crippen molar-refractivity contribution in [2.24, 2.45) is 5.92 Å². The third-order valence-corrected chi connectivity index (χ3v) is 5.08. The first-order chi connectivity index (χ1) is 10.8. The fourth-order valence-corrected chi connectivity index (χ4v) is 3.71. The normalized spacial score (nSPS) is 20.3. The van der Waals surface area contributed by atoms with Gasteiger partial charge >= 0.3 is 0 Å². The molecule has 4 heteroatoms. The van der Waals surface area contributed by atoms with Gasteiger partial charge in [0.05, 0.1) is 14.2 Å². The fourth-order valence-electron chi connectivity index (χ4n) is 3.71. The van der Waals surface area contributed by atoms with Gasteiger partial charge in [0.15, 0.2) is 11.5 Å². The van der Waals surface area contributed by atoms with Crippen LogP contribution in [0.25, 0.3) is 0 Å². The maximum atomic E-state index is 5.45. The number of ether oxygens (including phenoxy) is 2. The van der Waals surface area contributed by atoms with Crippen molar-refractivity contribution >= 4 is 0 Å². The van der Waals surface area contributed by atoms with Crippen LogP contribution in [-0.4, -0.2) is 51.8 Å². The molecule has 2 heterocycles. The van der Waals surface area contributed by atoms with Crippen LogP contribution in [0.15, 0.2) is 12.1 Å². The Bertz CT molecular complexity index is 463. The van der Waals surface area contributed by atoms with E-state index in [0.29, 0.717) is 0 Å². The first-order valence-corrected chi connectivity index (χ1v) is 8.47. The van der Waals surface area contributed by atoms with Gasteiger partial charge in [0.1, 0.15) is 0 Å². The SMILES string of the molecule is COc1cc2c(cc1OC)CCN(CC1CCNCC1)CC2. The van der Waals surface area contributed by atoms with Crippen LogP contribution in [0.5, 0.6) is 11.5 Å². The second-order valence-corrected chi connectivity index (χ2v) is 6.47. The van der Waals surface area contributed by atoms with Crippen molar-refractivity contribution in [3.8, 4) is 11.5 Å². The van der Waals surface area contributed by atoms with E-state index in [4.69, 9.17) is 9.47 Å². The fraction of sp³-hybridized carbons (Fsp3) is 0.667. The summed E-state index contributed by atoms with van der Waals surface area (Å²) in [5.74, 6) is 2.58. The Morgan fingerprint density at radius 3 is 2.05 bits per heavy atom. The molecule has 122 valence electrons. The van der Waals surface area contributed by atoms with Crippen LogP contribution in [0, 0.1) is 5.92 Å². The highest BCUT2D eigenvalue weighted by Crippen LogP contribution is 2.32. The highest BCUT2D eigenvalue weighted by Gasteiger charge is 2.21. The molecule has 1 N–H and O–H groups in total. The molecule has 0 aliphatic carbocycles. The molecule has 0 saturated carbocycles. The largest absolute Gasteiger partial charge is 0.493 e. The predicted molar refractivity (Wildman–Crippen MR) is 89.0 cm³/mol. The van der Waals surface area contributed by atoms with Gasteiger partial charge in [-0.05, 0) is 68.0 Å². The van der Waals surface area contributed by atoms with E-state index in [2.05, 4.69) is 22.3 Å². The van der Waals surface area contributed by atoms with Crippen LogP contribution in [0.4, 0.5) is 0 Å². The van der Waals surface area contributed by atoms with Gasteiger partial charge in [-0.15, -0.1) is 0 Å². The summed E-state index contributed by atoms with van der Waals surface area (Å²) in [6, 6.07) is 4.34. The maximum absolute atomic E-state index is 5.45. The molecular formula is C18H28N2O2. The molecule has 0 amide bonds. The molecule has 0 bridgehead atoms. The number of fused-ring (bicyclic) bond motifs is 1. The zero-order chi connectivity index (χ0) is 15.4. The Balaban J connectivity index is 1.66. The summed E-state index contributed by atoms with van der Waals surface area (Å²) < 4.78 is 10.9. The lowest BCUT2D eigenvalue weighted by molar-refractivity contribution is 0.213. The number of methoxy groups -OCH3 is 2. The number of nitrogens with one attached hydrogen (secondary N) is 1. The molecule has 3 rings (SSSR count). The van der Waals surface area contributed by atoms with E-state index >= 15 is 0 Å². The Kier molecular flexibility index (Phi) is 5.21. The zero-order valence-corrected chi connectivity index (χ0v) is 13.9. The number of hydrogen-bond donors (Lipinski definition) is 1. The monoisotopic (exact) mass is 304 g/mol. The molecule has 0 aromatic heterocycles. The van der Waals surface area contributed by atoms with E-state index in [9.17, 15) is 0 Å². The number of hydrogen-bond acceptors (Lipinski definition) is 4. The molecule has 0 spiro atoms. The number of piperidine rings is 1. The summed E-state index contributed by atoms with van der Waals surface area (Å²) in [5.41, 5.74) is 2.84. The Labute approximate surface area is 133 Å². The van der Waals surface area contributed by atoms with Gasteiger partial charge < -0.3 is 19.7 Å². The molecule has 0 unspecified atom stereocenters. The molecule has 1 saturated heterocycles. The number of benzene rings is 1. The summed E-state index contributed by atoms with van der Waals surface area (Å²) in [6.45, 7) is 5.95. The Morgan fingerprint density at radius 1 is 1.00 bits per heavy atom. The minimum absolute atomic E-state index is 0.855. The summed E-state index contributed by atoms with van der Waals surface area (Å²) in [5, 5.41) is 3.46. The van der Waals surface area contributed by atoms with E-state index < -0.39 is 0 Å². The molecule has 1 aromatic rings. The molecule has 4 nitrogen and oxygen atoms in total. The minimum atomic E-state index is 0.855. The average molecular weight is 304 g/mol. The Hall–Kier alpha value is -1.26. The van der Waals surface area contributed by atoms with E-state index in [1.807, 2.05) is 0 Å². The van der Waals surface area contributed by atoms with E-state index in [1.165, 1.54) is 43.6 Å². The molecule has 1 aromatic carbocycles. The van der Waals surface area contributed by atoms with Gasteiger partial charge in [-0.1, -0.05) is 0 Å². The Morgan fingerprint density at radius 2 is 1.55 bits per heavy atom. The van der Waals surface area contributed by atoms with Crippen LogP contribution in [0.3, 0.4) is 0 Å². The van der Waals surface area contributed by atoms with Crippen molar-refractivity contribution in [3.05, 3.63) is 23.3 Å². The van der Waals surface area contributed by atoms with E-state index in [-0.39, 0.29) is 0 Å². The second kappa shape index (κ2) is 7.34. The van der Waals surface area contributed by atoms with Gasteiger partial charge in [0.2, 0.25) is 0 Å². The smallest absolute Gasteiger partial charge is 0.161 e. The highest BCUT2D eigenvalue weighted by molar-refractivity contribution is 5.48. The quantitative estimate of drug-likeness (QED) is 0.924.